The topological polar surface area (TPSA) is 63.0 Å². The number of aromatic nitrogens is 5. The highest BCUT2D eigenvalue weighted by Crippen LogP contribution is 2.34. The van der Waals surface area contributed by atoms with E-state index in [0.29, 0.717) is 11.9 Å². The Labute approximate surface area is 160 Å². The van der Waals surface area contributed by atoms with E-state index in [2.05, 4.69) is 47.7 Å². The Kier molecular flexibility index (Phi) is 4.14. The summed E-state index contributed by atoms with van der Waals surface area (Å²) in [7, 11) is 4.13. The normalized spacial score (nSPS) is 20.4. The summed E-state index contributed by atoms with van der Waals surface area (Å²) in [6.07, 6.45) is 1.78. The number of anilines is 1. The second-order valence-corrected chi connectivity index (χ2v) is 8.16. The molecule has 0 spiro atoms. The molecule has 142 valence electrons. The van der Waals surface area contributed by atoms with Crippen LogP contribution in [-0.2, 0) is 7.05 Å². The second kappa shape index (κ2) is 6.27. The van der Waals surface area contributed by atoms with Crippen molar-refractivity contribution >= 4 is 16.9 Å². The molecule has 7 nitrogen and oxygen atoms in total. The minimum atomic E-state index is 0.0606. The molecule has 0 amide bonds. The Morgan fingerprint density at radius 1 is 1.15 bits per heavy atom. The maximum atomic E-state index is 4.99. The van der Waals surface area contributed by atoms with E-state index in [1.54, 1.807) is 6.20 Å². The molecule has 0 aliphatic carbocycles. The van der Waals surface area contributed by atoms with Crippen molar-refractivity contribution < 1.29 is 0 Å². The number of nitrogens with zero attached hydrogens (tertiary/aromatic N) is 7. The fourth-order valence-corrected chi connectivity index (χ4v) is 3.85. The second-order valence-electron chi connectivity index (χ2n) is 8.16. The van der Waals surface area contributed by atoms with E-state index in [0.717, 1.165) is 41.3 Å². The summed E-state index contributed by atoms with van der Waals surface area (Å²) in [5, 5.41) is 5.65. The van der Waals surface area contributed by atoms with Crippen LogP contribution in [0.3, 0.4) is 0 Å². The first kappa shape index (κ1) is 17.9. The van der Waals surface area contributed by atoms with Crippen molar-refractivity contribution in [2.45, 2.75) is 39.3 Å². The summed E-state index contributed by atoms with van der Waals surface area (Å²) in [5.41, 5.74) is 2.65. The molecule has 1 atom stereocenters. The van der Waals surface area contributed by atoms with Gasteiger partial charge in [-0.25, -0.2) is 9.97 Å². The van der Waals surface area contributed by atoms with Gasteiger partial charge in [0.2, 0.25) is 0 Å². The monoisotopic (exact) mass is 365 g/mol. The molecular weight excluding hydrogens is 338 g/mol. The van der Waals surface area contributed by atoms with E-state index >= 15 is 0 Å². The van der Waals surface area contributed by atoms with Crippen molar-refractivity contribution in [1.29, 1.82) is 0 Å². The summed E-state index contributed by atoms with van der Waals surface area (Å²) in [5.74, 6) is 1.60. The number of rotatable bonds is 2. The fraction of sp³-hybridized carbons (Fsp3) is 0.500. The van der Waals surface area contributed by atoms with Crippen molar-refractivity contribution in [2.75, 3.05) is 25.0 Å². The third kappa shape index (κ3) is 2.96. The number of likely N-dealkylation sites (N-methyl/N-ethyl adjacent to an activating group) is 1. The van der Waals surface area contributed by atoms with Crippen LogP contribution in [-0.4, -0.2) is 61.4 Å². The van der Waals surface area contributed by atoms with Gasteiger partial charge in [0.05, 0.1) is 11.1 Å². The molecule has 7 heteroatoms. The van der Waals surface area contributed by atoms with Crippen molar-refractivity contribution in [3.05, 3.63) is 30.1 Å². The molecule has 0 bridgehead atoms. The van der Waals surface area contributed by atoms with Gasteiger partial charge in [-0.1, -0.05) is 6.07 Å². The zero-order valence-electron chi connectivity index (χ0n) is 16.9. The Hall–Kier alpha value is -2.54. The Balaban J connectivity index is 1.93. The third-order valence-corrected chi connectivity index (χ3v) is 5.67. The molecule has 1 aliphatic rings. The van der Waals surface area contributed by atoms with Crippen LogP contribution < -0.4 is 4.90 Å². The number of hydrogen-bond donors (Lipinski definition) is 0. The van der Waals surface area contributed by atoms with Crippen molar-refractivity contribution in [3.8, 4) is 11.5 Å². The summed E-state index contributed by atoms with van der Waals surface area (Å²) in [4.78, 5) is 19.1. The van der Waals surface area contributed by atoms with Gasteiger partial charge in [-0.2, -0.15) is 5.10 Å². The average molecular weight is 365 g/mol. The van der Waals surface area contributed by atoms with Gasteiger partial charge in [0.15, 0.2) is 11.5 Å². The molecule has 4 rings (SSSR count). The quantitative estimate of drug-likeness (QED) is 0.696. The largest absolute Gasteiger partial charge is 0.350 e. The standard InChI is InChI=1S/C20H27N7/c1-13-11-25(5)20(3,4)12-27(13)19-16-14(2)24-26(6)18(16)22-17(23-19)15-9-7-8-10-21-15/h7-10,13H,11-12H2,1-6H3/t13-/m0/s1. The van der Waals surface area contributed by atoms with Crippen LogP contribution in [0.5, 0.6) is 0 Å². The summed E-state index contributed by atoms with van der Waals surface area (Å²) >= 11 is 0. The highest BCUT2D eigenvalue weighted by Gasteiger charge is 2.37. The van der Waals surface area contributed by atoms with Gasteiger partial charge in [-0.15, -0.1) is 0 Å². The first-order valence-electron chi connectivity index (χ1n) is 9.38. The minimum Gasteiger partial charge on any atom is -0.350 e. The lowest BCUT2D eigenvalue weighted by Gasteiger charge is -2.49. The highest BCUT2D eigenvalue weighted by molar-refractivity contribution is 5.91. The number of hydrogen-bond acceptors (Lipinski definition) is 6. The number of aryl methyl sites for hydroxylation is 2. The Bertz CT molecular complexity index is 977. The van der Waals surface area contributed by atoms with Crippen molar-refractivity contribution in [3.63, 3.8) is 0 Å². The third-order valence-electron chi connectivity index (χ3n) is 5.67. The van der Waals surface area contributed by atoms with Crippen molar-refractivity contribution in [1.82, 2.24) is 29.6 Å². The molecule has 0 saturated carbocycles. The van der Waals surface area contributed by atoms with Crippen LogP contribution in [0.25, 0.3) is 22.6 Å². The van der Waals surface area contributed by atoms with Crippen LogP contribution >= 0.6 is 0 Å². The summed E-state index contributed by atoms with van der Waals surface area (Å²) in [6, 6.07) is 6.16. The Morgan fingerprint density at radius 3 is 2.63 bits per heavy atom. The van der Waals surface area contributed by atoms with Crippen LogP contribution in [0.2, 0.25) is 0 Å². The van der Waals surface area contributed by atoms with Crippen LogP contribution in [0, 0.1) is 6.92 Å². The van der Waals surface area contributed by atoms with Gasteiger partial charge in [0, 0.05) is 37.9 Å². The molecule has 0 aromatic carbocycles. The smallest absolute Gasteiger partial charge is 0.182 e. The van der Waals surface area contributed by atoms with Gasteiger partial charge >= 0.3 is 0 Å². The number of pyridine rings is 1. The maximum absolute atomic E-state index is 4.99. The molecule has 0 N–H and O–H groups in total. The summed E-state index contributed by atoms with van der Waals surface area (Å²) < 4.78 is 1.84. The minimum absolute atomic E-state index is 0.0606. The number of fused-ring (bicyclic) bond motifs is 1. The predicted octanol–water partition coefficient (Wildman–Crippen LogP) is 2.65. The van der Waals surface area contributed by atoms with Gasteiger partial charge in [-0.3, -0.25) is 14.6 Å². The molecule has 1 aliphatic heterocycles. The SMILES string of the molecule is Cc1nn(C)c2nc(-c3ccccn3)nc(N3CC(C)(C)N(C)C[C@@H]3C)c12. The van der Waals surface area contributed by atoms with Gasteiger partial charge in [-0.05, 0) is 46.9 Å². The zero-order valence-corrected chi connectivity index (χ0v) is 16.9. The lowest BCUT2D eigenvalue weighted by Crippen LogP contribution is -2.61. The molecule has 3 aromatic rings. The molecule has 3 aromatic heterocycles. The van der Waals surface area contributed by atoms with E-state index < -0.39 is 0 Å². The van der Waals surface area contributed by atoms with E-state index in [4.69, 9.17) is 9.97 Å². The van der Waals surface area contributed by atoms with Gasteiger partial charge < -0.3 is 4.90 Å². The van der Waals surface area contributed by atoms with E-state index in [1.165, 1.54) is 0 Å². The average Bonchev–Trinajstić information content (AvgIpc) is 2.93. The van der Waals surface area contributed by atoms with E-state index in [1.807, 2.05) is 36.9 Å². The Morgan fingerprint density at radius 2 is 1.93 bits per heavy atom. The molecule has 27 heavy (non-hydrogen) atoms. The predicted molar refractivity (Wildman–Crippen MR) is 108 cm³/mol. The first-order valence-corrected chi connectivity index (χ1v) is 9.38. The van der Waals surface area contributed by atoms with Crippen molar-refractivity contribution in [2.24, 2.45) is 7.05 Å². The molecule has 0 unspecified atom stereocenters. The molecule has 0 radical (unpaired) electrons. The summed E-state index contributed by atoms with van der Waals surface area (Å²) in [6.45, 7) is 10.7. The highest BCUT2D eigenvalue weighted by atomic mass is 15.4. The van der Waals surface area contributed by atoms with Crippen LogP contribution in [0.4, 0.5) is 5.82 Å². The lowest BCUT2D eigenvalue weighted by atomic mass is 9.96. The molecular formula is C20H27N7. The zero-order chi connectivity index (χ0) is 19.3. The van der Waals surface area contributed by atoms with E-state index in [9.17, 15) is 0 Å². The fourth-order valence-electron chi connectivity index (χ4n) is 3.85. The van der Waals surface area contributed by atoms with Gasteiger partial charge in [0.25, 0.3) is 0 Å². The molecule has 4 heterocycles. The van der Waals surface area contributed by atoms with Crippen LogP contribution in [0.1, 0.15) is 26.5 Å². The maximum Gasteiger partial charge on any atom is 0.182 e. The number of piperazine rings is 1. The molecule has 1 fully saturated rings. The first-order chi connectivity index (χ1) is 12.8. The molecule has 1 saturated heterocycles. The lowest BCUT2D eigenvalue weighted by molar-refractivity contribution is 0.118. The van der Waals surface area contributed by atoms with Crippen LogP contribution in [0.15, 0.2) is 24.4 Å². The van der Waals surface area contributed by atoms with Gasteiger partial charge in [0.1, 0.15) is 11.5 Å². The van der Waals surface area contributed by atoms with E-state index in [-0.39, 0.29) is 5.54 Å².